The predicted octanol–water partition coefficient (Wildman–Crippen LogP) is 3.70. The topological polar surface area (TPSA) is 34.2 Å². The third-order valence-electron chi connectivity index (χ3n) is 5.25. The lowest BCUT2D eigenvalue weighted by Gasteiger charge is -2.46. The normalized spacial score (nSPS) is 13.1. The van der Waals surface area contributed by atoms with Crippen molar-refractivity contribution in [3.63, 3.8) is 0 Å². The molecular formula is C22H42N2O3Si2. The van der Waals surface area contributed by atoms with Gasteiger partial charge in [0.05, 0.1) is 0 Å². The van der Waals surface area contributed by atoms with Crippen molar-refractivity contribution < 1.29 is 13.3 Å². The third kappa shape index (κ3) is 6.34. The van der Waals surface area contributed by atoms with E-state index in [1.165, 1.54) is 5.19 Å². The minimum atomic E-state index is -2.88. The summed E-state index contributed by atoms with van der Waals surface area (Å²) < 4.78 is 23.7. The number of hydrogen-bond acceptors (Lipinski definition) is 5. The molecule has 1 aromatic carbocycles. The van der Waals surface area contributed by atoms with Crippen LogP contribution in [0.4, 0.5) is 0 Å². The molecule has 0 saturated heterocycles. The Balaban J connectivity index is 3.69. The first-order valence-electron chi connectivity index (χ1n) is 11.2. The first-order valence-corrected chi connectivity index (χ1v) is 15.0. The highest BCUT2D eigenvalue weighted by molar-refractivity contribution is 6.92. The van der Waals surface area contributed by atoms with E-state index in [1.54, 1.807) is 0 Å². The summed E-state index contributed by atoms with van der Waals surface area (Å²) in [5.74, 6) is 0. The summed E-state index contributed by atoms with van der Waals surface area (Å²) >= 11 is 0. The van der Waals surface area contributed by atoms with Gasteiger partial charge in [0.25, 0.3) is 8.40 Å². The van der Waals surface area contributed by atoms with Crippen LogP contribution in [0.5, 0.6) is 0 Å². The molecule has 0 aliphatic rings. The summed E-state index contributed by atoms with van der Waals surface area (Å²) in [5.41, 5.74) is 4.58. The van der Waals surface area contributed by atoms with Gasteiger partial charge in [0.1, 0.15) is 0 Å². The van der Waals surface area contributed by atoms with Crippen molar-refractivity contribution >= 4 is 22.4 Å². The second kappa shape index (κ2) is 13.5. The fourth-order valence-corrected chi connectivity index (χ4v) is 11.9. The zero-order chi connectivity index (χ0) is 21.8. The van der Waals surface area contributed by atoms with E-state index in [0.717, 1.165) is 26.2 Å². The molecule has 0 bridgehead atoms. The lowest BCUT2D eigenvalue weighted by Crippen LogP contribution is -2.72. The van der Waals surface area contributed by atoms with Crippen molar-refractivity contribution in [2.45, 2.75) is 48.5 Å². The summed E-state index contributed by atoms with van der Waals surface area (Å²) in [6, 6.07) is 10.9. The number of nitrogens with zero attached hydrogens (tertiary/aromatic N) is 2. The minimum Gasteiger partial charge on any atom is -0.371 e. The van der Waals surface area contributed by atoms with Crippen LogP contribution in [-0.4, -0.2) is 72.3 Å². The van der Waals surface area contributed by atoms with Gasteiger partial charge in [-0.25, -0.2) is 0 Å². The molecule has 0 spiro atoms. The van der Waals surface area contributed by atoms with E-state index in [-0.39, 0.29) is 0 Å². The second-order valence-electron chi connectivity index (χ2n) is 6.67. The molecule has 29 heavy (non-hydrogen) atoms. The van der Waals surface area contributed by atoms with E-state index in [2.05, 4.69) is 78.6 Å². The zero-order valence-corrected chi connectivity index (χ0v) is 21.6. The third-order valence-corrected chi connectivity index (χ3v) is 13.2. The van der Waals surface area contributed by atoms with E-state index in [9.17, 15) is 0 Å². The van der Waals surface area contributed by atoms with Gasteiger partial charge in [0.2, 0.25) is 0 Å². The molecule has 0 saturated carbocycles. The SMILES string of the molecule is CCO[Si](/C=C/[Si](c1ccccc1)(N(CC)CC)N(CC)CC)(OCC)OCC. The number of rotatable bonds is 15. The first kappa shape index (κ1) is 26.2. The van der Waals surface area contributed by atoms with Gasteiger partial charge in [-0.15, -0.1) is 0 Å². The molecule has 0 aromatic heterocycles. The smallest absolute Gasteiger partial charge is 0.371 e. The van der Waals surface area contributed by atoms with Gasteiger partial charge in [-0.2, -0.15) is 0 Å². The molecule has 166 valence electrons. The molecule has 0 heterocycles. The van der Waals surface area contributed by atoms with Crippen LogP contribution < -0.4 is 5.19 Å². The molecule has 0 atom stereocenters. The Bertz CT molecular complexity index is 550. The Morgan fingerprint density at radius 2 is 1.07 bits per heavy atom. The molecule has 1 aromatic rings. The lowest BCUT2D eigenvalue weighted by molar-refractivity contribution is 0.0842. The zero-order valence-electron chi connectivity index (χ0n) is 19.6. The quantitative estimate of drug-likeness (QED) is 0.390. The van der Waals surface area contributed by atoms with Crippen LogP contribution in [0.3, 0.4) is 0 Å². The Morgan fingerprint density at radius 3 is 1.41 bits per heavy atom. The minimum absolute atomic E-state index is 0.576. The van der Waals surface area contributed by atoms with E-state index in [0.29, 0.717) is 19.8 Å². The second-order valence-corrected chi connectivity index (χ2v) is 12.7. The van der Waals surface area contributed by atoms with Crippen LogP contribution in [0.1, 0.15) is 48.5 Å². The highest BCUT2D eigenvalue weighted by Crippen LogP contribution is 2.21. The van der Waals surface area contributed by atoms with E-state index >= 15 is 0 Å². The Hall–Kier alpha value is -0.806. The van der Waals surface area contributed by atoms with Crippen LogP contribution in [0.2, 0.25) is 0 Å². The maximum Gasteiger partial charge on any atom is 0.528 e. The fourth-order valence-electron chi connectivity index (χ4n) is 4.06. The molecule has 5 nitrogen and oxygen atoms in total. The average molecular weight is 439 g/mol. The highest BCUT2D eigenvalue weighted by atomic mass is 28.4. The standard InChI is InChI=1S/C22H42N2O3Si2/c1-8-23(9-2)28(24(10-3)11-4,22-18-16-15-17-19-22)20-21-29(25-12-5,26-13-6)27-14-7/h15-21H,8-14H2,1-7H3/b21-20+. The maximum absolute atomic E-state index is 6.13. The molecule has 0 fully saturated rings. The van der Waals surface area contributed by atoms with Crippen LogP contribution in [0.25, 0.3) is 0 Å². The van der Waals surface area contributed by atoms with E-state index in [1.807, 2.05) is 20.8 Å². The molecule has 0 amide bonds. The lowest BCUT2D eigenvalue weighted by atomic mass is 10.4. The van der Waals surface area contributed by atoms with Gasteiger partial charge in [0, 0.05) is 19.8 Å². The van der Waals surface area contributed by atoms with Crippen molar-refractivity contribution in [3.8, 4) is 0 Å². The summed E-state index contributed by atoms with van der Waals surface area (Å²) in [4.78, 5) is 0. The highest BCUT2D eigenvalue weighted by Gasteiger charge is 2.46. The van der Waals surface area contributed by atoms with Crippen molar-refractivity contribution in [1.29, 1.82) is 0 Å². The van der Waals surface area contributed by atoms with Gasteiger partial charge in [-0.05, 0) is 57.8 Å². The summed E-state index contributed by atoms with van der Waals surface area (Å²) in [6.07, 6.45) is 0. The Kier molecular flexibility index (Phi) is 12.2. The molecule has 0 aliphatic heterocycles. The molecular weight excluding hydrogens is 396 g/mol. The molecule has 0 N–H and O–H groups in total. The fraction of sp³-hybridized carbons (Fsp3) is 0.636. The van der Waals surface area contributed by atoms with Crippen molar-refractivity contribution in [3.05, 3.63) is 41.7 Å². The molecule has 1 rings (SSSR count). The van der Waals surface area contributed by atoms with Crippen LogP contribution in [-0.2, 0) is 13.3 Å². The summed E-state index contributed by atoms with van der Waals surface area (Å²) in [7, 11) is -5.23. The molecule has 0 radical (unpaired) electrons. The van der Waals surface area contributed by atoms with Crippen molar-refractivity contribution in [2.75, 3.05) is 46.0 Å². The predicted molar refractivity (Wildman–Crippen MR) is 127 cm³/mol. The molecule has 7 heteroatoms. The van der Waals surface area contributed by atoms with Crippen LogP contribution >= 0.6 is 0 Å². The van der Waals surface area contributed by atoms with Crippen LogP contribution in [0, 0.1) is 0 Å². The van der Waals surface area contributed by atoms with Gasteiger partial charge in [0.15, 0.2) is 0 Å². The van der Waals surface area contributed by atoms with Gasteiger partial charge in [-0.3, -0.25) is 0 Å². The molecule has 0 aliphatic carbocycles. The first-order chi connectivity index (χ1) is 14.0. The van der Waals surface area contributed by atoms with E-state index < -0.39 is 17.2 Å². The number of benzene rings is 1. The van der Waals surface area contributed by atoms with E-state index in [4.69, 9.17) is 13.3 Å². The Labute approximate surface area is 181 Å². The number of hydrogen-bond donors (Lipinski definition) is 0. The van der Waals surface area contributed by atoms with Crippen molar-refractivity contribution in [1.82, 2.24) is 9.13 Å². The summed E-state index contributed by atoms with van der Waals surface area (Å²) in [5, 5.41) is 1.39. The van der Waals surface area contributed by atoms with Gasteiger partial charge < -0.3 is 22.4 Å². The monoisotopic (exact) mass is 438 g/mol. The molecule has 0 unspecified atom stereocenters. The Morgan fingerprint density at radius 1 is 0.655 bits per heavy atom. The summed E-state index contributed by atoms with van der Waals surface area (Å²) in [6.45, 7) is 20.7. The van der Waals surface area contributed by atoms with Crippen molar-refractivity contribution in [2.24, 2.45) is 0 Å². The largest absolute Gasteiger partial charge is 0.528 e. The van der Waals surface area contributed by atoms with Gasteiger partial charge in [-0.1, -0.05) is 63.7 Å². The van der Waals surface area contributed by atoms with Crippen LogP contribution in [0.15, 0.2) is 41.7 Å². The maximum atomic E-state index is 6.13. The van der Waals surface area contributed by atoms with Gasteiger partial charge >= 0.3 is 8.80 Å². The average Bonchev–Trinajstić information content (AvgIpc) is 2.74.